The number of carbonyl (C=O) groups excluding carboxylic acids is 2. The second kappa shape index (κ2) is 10.9. The molecule has 4 heterocycles. The molecule has 11 nitrogen and oxygen atoms in total. The number of hydrogen-bond donors (Lipinski definition) is 1. The number of benzene rings is 1. The number of ether oxygens (including phenoxy) is 3. The minimum absolute atomic E-state index is 0.0475. The van der Waals surface area contributed by atoms with Crippen molar-refractivity contribution in [2.75, 3.05) is 44.7 Å². The van der Waals surface area contributed by atoms with Gasteiger partial charge in [0.2, 0.25) is 11.8 Å². The summed E-state index contributed by atoms with van der Waals surface area (Å²) in [6, 6.07) is 6.00. The van der Waals surface area contributed by atoms with Crippen LogP contribution in [0.2, 0.25) is 0 Å². The van der Waals surface area contributed by atoms with Crippen LogP contribution in [-0.2, 0) is 9.53 Å². The fourth-order valence-corrected chi connectivity index (χ4v) is 5.13. The SMILES string of the molecule is COc1cc(-c2cn3ncc(C)c3c(O[C@H](C)C3CNC(=O)C3)n2)ccc1N1CCN(C(=O)OC(C)(C)C)CC1. The molecule has 0 radical (unpaired) electrons. The molecule has 2 aromatic heterocycles. The highest BCUT2D eigenvalue weighted by Gasteiger charge is 2.30. The first-order valence-electron chi connectivity index (χ1n) is 13.7. The van der Waals surface area contributed by atoms with Crippen molar-refractivity contribution in [1.29, 1.82) is 0 Å². The average molecular weight is 551 g/mol. The molecule has 2 amide bonds. The maximum atomic E-state index is 12.5. The van der Waals surface area contributed by atoms with Crippen LogP contribution < -0.4 is 19.7 Å². The molecule has 0 saturated carbocycles. The smallest absolute Gasteiger partial charge is 0.410 e. The Morgan fingerprint density at radius 2 is 1.93 bits per heavy atom. The molecule has 11 heteroatoms. The maximum absolute atomic E-state index is 12.5. The van der Waals surface area contributed by atoms with Crippen molar-refractivity contribution in [1.82, 2.24) is 24.8 Å². The Morgan fingerprint density at radius 3 is 2.58 bits per heavy atom. The van der Waals surface area contributed by atoms with E-state index in [0.29, 0.717) is 56.5 Å². The summed E-state index contributed by atoms with van der Waals surface area (Å²) in [5, 5.41) is 7.39. The van der Waals surface area contributed by atoms with Crippen LogP contribution in [0.4, 0.5) is 10.5 Å². The second-order valence-corrected chi connectivity index (χ2v) is 11.5. The fraction of sp³-hybridized carbons (Fsp3) is 0.517. The van der Waals surface area contributed by atoms with Crippen LogP contribution in [0.15, 0.2) is 30.6 Å². The van der Waals surface area contributed by atoms with Crippen molar-refractivity contribution in [3.8, 4) is 22.9 Å². The quantitative estimate of drug-likeness (QED) is 0.495. The highest BCUT2D eigenvalue weighted by Crippen LogP contribution is 2.35. The van der Waals surface area contributed by atoms with Gasteiger partial charge in [-0.25, -0.2) is 14.3 Å². The Balaban J connectivity index is 1.37. The number of fused-ring (bicyclic) bond motifs is 1. The van der Waals surface area contributed by atoms with E-state index in [0.717, 1.165) is 22.3 Å². The standard InChI is InChI=1S/C29H38N6O5/c1-18-15-31-35-17-22(32-27(26(18)35)39-19(2)21-14-25(36)30-16-21)20-7-8-23(24(13-20)38-6)33-9-11-34(12-10-33)28(37)40-29(3,4)5/h7-8,13,15,17,19,21H,9-12,14,16H2,1-6H3,(H,30,36)/t19-,21?/m1/s1. The van der Waals surface area contributed by atoms with Crippen LogP contribution in [0.1, 0.15) is 39.7 Å². The summed E-state index contributed by atoms with van der Waals surface area (Å²) in [7, 11) is 1.65. The zero-order valence-corrected chi connectivity index (χ0v) is 24.1. The highest BCUT2D eigenvalue weighted by molar-refractivity contribution is 5.78. The summed E-state index contributed by atoms with van der Waals surface area (Å²) in [5.41, 5.74) is 3.75. The molecule has 2 aliphatic heterocycles. The van der Waals surface area contributed by atoms with Crippen LogP contribution in [-0.4, -0.2) is 83.0 Å². The van der Waals surface area contributed by atoms with Crippen molar-refractivity contribution in [3.05, 3.63) is 36.2 Å². The lowest BCUT2D eigenvalue weighted by atomic mass is 10.0. The molecule has 2 fully saturated rings. The predicted molar refractivity (Wildman–Crippen MR) is 151 cm³/mol. The van der Waals surface area contributed by atoms with Gasteiger partial charge in [0.25, 0.3) is 0 Å². The van der Waals surface area contributed by atoms with Crippen molar-refractivity contribution in [3.63, 3.8) is 0 Å². The minimum atomic E-state index is -0.519. The molecular formula is C29H38N6O5. The van der Waals surface area contributed by atoms with Gasteiger partial charge in [0, 0.05) is 56.2 Å². The van der Waals surface area contributed by atoms with Gasteiger partial charge in [0.15, 0.2) is 0 Å². The molecule has 1 aromatic carbocycles. The molecular weight excluding hydrogens is 512 g/mol. The number of aryl methyl sites for hydroxylation is 1. The van der Waals surface area contributed by atoms with E-state index in [9.17, 15) is 9.59 Å². The first-order chi connectivity index (χ1) is 19.0. The second-order valence-electron chi connectivity index (χ2n) is 11.5. The topological polar surface area (TPSA) is 111 Å². The summed E-state index contributed by atoms with van der Waals surface area (Å²) in [5.74, 6) is 1.33. The first kappa shape index (κ1) is 27.5. The lowest BCUT2D eigenvalue weighted by Gasteiger charge is -2.37. The Labute approximate surface area is 234 Å². The number of hydrogen-bond acceptors (Lipinski definition) is 8. The van der Waals surface area contributed by atoms with Gasteiger partial charge < -0.3 is 29.3 Å². The molecule has 40 heavy (non-hydrogen) atoms. The van der Waals surface area contributed by atoms with Crippen LogP contribution in [0.5, 0.6) is 11.6 Å². The van der Waals surface area contributed by atoms with E-state index in [1.165, 1.54) is 0 Å². The van der Waals surface area contributed by atoms with Gasteiger partial charge in [-0.1, -0.05) is 6.07 Å². The van der Waals surface area contributed by atoms with Crippen molar-refractivity contribution in [2.45, 2.75) is 52.7 Å². The molecule has 2 atom stereocenters. The van der Waals surface area contributed by atoms with E-state index in [1.807, 2.05) is 59.0 Å². The molecule has 0 bridgehead atoms. The zero-order chi connectivity index (χ0) is 28.6. The van der Waals surface area contributed by atoms with Crippen LogP contribution in [0.25, 0.3) is 16.8 Å². The Bertz CT molecular complexity index is 1410. The van der Waals surface area contributed by atoms with E-state index in [1.54, 1.807) is 22.7 Å². The van der Waals surface area contributed by atoms with Crippen molar-refractivity contribution >= 4 is 23.2 Å². The molecule has 1 N–H and O–H groups in total. The monoisotopic (exact) mass is 550 g/mol. The normalized spacial score (nSPS) is 18.6. The van der Waals surface area contributed by atoms with Gasteiger partial charge in [-0.05, 0) is 46.8 Å². The van der Waals surface area contributed by atoms with Gasteiger partial charge in [-0.15, -0.1) is 0 Å². The molecule has 214 valence electrons. The van der Waals surface area contributed by atoms with E-state index < -0.39 is 5.60 Å². The highest BCUT2D eigenvalue weighted by atomic mass is 16.6. The summed E-state index contributed by atoms with van der Waals surface area (Å²) in [6.45, 7) is 12.6. The van der Waals surface area contributed by atoms with E-state index >= 15 is 0 Å². The number of amides is 2. The molecule has 3 aromatic rings. The third-order valence-corrected chi connectivity index (χ3v) is 7.37. The van der Waals surface area contributed by atoms with Gasteiger partial charge in [0.05, 0.1) is 30.9 Å². The number of anilines is 1. The molecule has 2 saturated heterocycles. The van der Waals surface area contributed by atoms with Crippen LogP contribution in [0, 0.1) is 12.8 Å². The Morgan fingerprint density at radius 1 is 1.18 bits per heavy atom. The number of carbonyl (C=O) groups is 2. The van der Waals surface area contributed by atoms with E-state index in [4.69, 9.17) is 19.2 Å². The lowest BCUT2D eigenvalue weighted by molar-refractivity contribution is -0.119. The number of nitrogens with zero attached hydrogens (tertiary/aromatic N) is 5. The molecule has 1 unspecified atom stereocenters. The molecule has 0 spiro atoms. The number of piperazine rings is 1. The number of rotatable bonds is 6. The number of methoxy groups -OCH3 is 1. The Hall–Kier alpha value is -4.02. The Kier molecular flexibility index (Phi) is 7.48. The maximum Gasteiger partial charge on any atom is 0.410 e. The third kappa shape index (κ3) is 5.78. The van der Waals surface area contributed by atoms with Crippen LogP contribution in [0.3, 0.4) is 0 Å². The van der Waals surface area contributed by atoms with Gasteiger partial charge in [-0.2, -0.15) is 5.10 Å². The van der Waals surface area contributed by atoms with Gasteiger partial charge >= 0.3 is 6.09 Å². The third-order valence-electron chi connectivity index (χ3n) is 7.37. The minimum Gasteiger partial charge on any atom is -0.495 e. The number of nitrogens with one attached hydrogen (secondary N) is 1. The summed E-state index contributed by atoms with van der Waals surface area (Å²) < 4.78 is 19.5. The molecule has 2 aliphatic rings. The lowest BCUT2D eigenvalue weighted by Crippen LogP contribution is -2.50. The fourth-order valence-electron chi connectivity index (χ4n) is 5.13. The van der Waals surface area contributed by atoms with Crippen LogP contribution >= 0.6 is 0 Å². The van der Waals surface area contributed by atoms with Gasteiger partial charge in [0.1, 0.15) is 23.0 Å². The van der Waals surface area contributed by atoms with Crippen molar-refractivity contribution in [2.24, 2.45) is 5.92 Å². The molecule has 0 aliphatic carbocycles. The predicted octanol–water partition coefficient (Wildman–Crippen LogP) is 3.67. The van der Waals surface area contributed by atoms with E-state index in [-0.39, 0.29) is 24.0 Å². The van der Waals surface area contributed by atoms with Crippen molar-refractivity contribution < 1.29 is 23.8 Å². The summed E-state index contributed by atoms with van der Waals surface area (Å²) in [6.07, 6.45) is 3.64. The van der Waals surface area contributed by atoms with Gasteiger partial charge in [-0.3, -0.25) is 4.79 Å². The largest absolute Gasteiger partial charge is 0.495 e. The zero-order valence-electron chi connectivity index (χ0n) is 24.1. The summed E-state index contributed by atoms with van der Waals surface area (Å²) in [4.78, 5) is 33.1. The first-order valence-corrected chi connectivity index (χ1v) is 13.7. The van der Waals surface area contributed by atoms with E-state index in [2.05, 4.69) is 15.3 Å². The number of aromatic nitrogens is 3. The average Bonchev–Trinajstić information content (AvgIpc) is 3.53. The summed E-state index contributed by atoms with van der Waals surface area (Å²) >= 11 is 0. The molecule has 5 rings (SSSR count).